The third-order valence-corrected chi connectivity index (χ3v) is 13.8. The molecule has 0 atom stereocenters. The van der Waals surface area contributed by atoms with E-state index in [4.69, 9.17) is 0 Å². The quantitative estimate of drug-likeness (QED) is 0.163. The molecule has 0 aromatic heterocycles. The summed E-state index contributed by atoms with van der Waals surface area (Å²) < 4.78 is 0. The van der Waals surface area contributed by atoms with Crippen molar-refractivity contribution in [2.45, 2.75) is 119 Å². The zero-order valence-corrected chi connectivity index (χ0v) is 40.3. The van der Waals surface area contributed by atoms with E-state index in [1.807, 2.05) is 0 Å². The molecule has 0 saturated heterocycles. The topological polar surface area (TPSA) is 6.48 Å². The van der Waals surface area contributed by atoms with Crippen molar-refractivity contribution >= 4 is 57.2 Å². The van der Waals surface area contributed by atoms with E-state index in [1.165, 1.54) is 106 Å². The molecule has 2 heterocycles. The van der Waals surface area contributed by atoms with E-state index in [0.29, 0.717) is 0 Å². The van der Waals surface area contributed by atoms with Gasteiger partial charge in [0.15, 0.2) is 0 Å². The van der Waals surface area contributed by atoms with Crippen molar-refractivity contribution in [3.8, 4) is 22.3 Å². The molecular weight excluding hydrogens is 759 g/mol. The summed E-state index contributed by atoms with van der Waals surface area (Å²) in [5.74, 6) is 0. The molecule has 2 aliphatic heterocycles. The summed E-state index contributed by atoms with van der Waals surface area (Å²) in [6.07, 6.45) is 0. The molecule has 0 saturated carbocycles. The number of benzene rings is 7. The molecule has 0 aliphatic carbocycles. The lowest BCUT2D eigenvalue weighted by molar-refractivity contribution is 0.589. The van der Waals surface area contributed by atoms with Crippen LogP contribution in [0.4, 0.5) is 34.1 Å². The number of nitrogens with zero attached hydrogens (tertiary/aromatic N) is 2. The molecule has 3 heteroatoms. The molecule has 0 radical (unpaired) electrons. The molecule has 0 N–H and O–H groups in total. The highest BCUT2D eigenvalue weighted by molar-refractivity contribution is 7.00. The average molecular weight is 825 g/mol. The third-order valence-electron chi connectivity index (χ3n) is 13.8. The minimum atomic E-state index is -0.0978. The Labute approximate surface area is 379 Å². The lowest BCUT2D eigenvalue weighted by Crippen LogP contribution is -2.61. The maximum absolute atomic E-state index is 2.59. The van der Waals surface area contributed by atoms with Crippen molar-refractivity contribution in [2.75, 3.05) is 9.80 Å². The standard InChI is InChI=1S/C60H65BN2/c1-38-18-15-16-21-48(38)49-29-22-41(32-39(49)2)40-19-17-20-47(33-40)63-53-31-26-44(59(9,10)11)35-51(53)61-50-34-43(58(6,7)8)25-30-52(50)62(46-27-23-42(24-28-46)57(3,4)5)54-36-45(60(12,13)14)37-55(63)56(54)61/h15-37H,1-14H3. The second-order valence-electron chi connectivity index (χ2n) is 22.5. The zero-order chi connectivity index (χ0) is 45.0. The van der Waals surface area contributed by atoms with E-state index in [-0.39, 0.29) is 28.4 Å². The molecule has 63 heavy (non-hydrogen) atoms. The predicted octanol–water partition coefficient (Wildman–Crippen LogP) is 14.9. The summed E-state index contributed by atoms with van der Waals surface area (Å²) in [7, 11) is 0. The van der Waals surface area contributed by atoms with Crippen LogP contribution in [-0.4, -0.2) is 6.71 Å². The van der Waals surface area contributed by atoms with Crippen LogP contribution >= 0.6 is 0 Å². The Bertz CT molecular complexity index is 2910. The van der Waals surface area contributed by atoms with Gasteiger partial charge < -0.3 is 9.80 Å². The van der Waals surface area contributed by atoms with E-state index in [0.717, 1.165) is 0 Å². The van der Waals surface area contributed by atoms with Gasteiger partial charge >= 0.3 is 0 Å². The maximum atomic E-state index is 2.59. The lowest BCUT2D eigenvalue weighted by Gasteiger charge is -2.45. The van der Waals surface area contributed by atoms with Crippen LogP contribution in [0.3, 0.4) is 0 Å². The van der Waals surface area contributed by atoms with Crippen molar-refractivity contribution in [3.05, 3.63) is 173 Å². The monoisotopic (exact) mass is 825 g/mol. The van der Waals surface area contributed by atoms with E-state index in [1.54, 1.807) is 0 Å². The maximum Gasteiger partial charge on any atom is 0.252 e. The van der Waals surface area contributed by atoms with Gasteiger partial charge in [0.05, 0.1) is 0 Å². The molecule has 0 amide bonds. The fourth-order valence-electron chi connectivity index (χ4n) is 9.88. The van der Waals surface area contributed by atoms with Crippen molar-refractivity contribution < 1.29 is 0 Å². The number of aryl methyl sites for hydroxylation is 2. The Morgan fingerprint density at radius 3 is 1.37 bits per heavy atom. The Kier molecular flexibility index (Phi) is 10.1. The van der Waals surface area contributed by atoms with Gasteiger partial charge in [0.25, 0.3) is 6.71 Å². The number of fused-ring (bicyclic) bond motifs is 4. The molecular formula is C60H65BN2. The van der Waals surface area contributed by atoms with Crippen LogP contribution in [0.1, 0.15) is 116 Å². The van der Waals surface area contributed by atoms with Gasteiger partial charge in [0.1, 0.15) is 0 Å². The second kappa shape index (κ2) is 14.9. The fourth-order valence-corrected chi connectivity index (χ4v) is 9.88. The van der Waals surface area contributed by atoms with Crippen molar-refractivity contribution in [1.82, 2.24) is 0 Å². The van der Waals surface area contributed by atoms with Crippen LogP contribution in [0.5, 0.6) is 0 Å². The first-order valence-electron chi connectivity index (χ1n) is 23.0. The molecule has 9 rings (SSSR count). The Morgan fingerprint density at radius 1 is 0.349 bits per heavy atom. The minimum Gasteiger partial charge on any atom is -0.311 e. The first kappa shape index (κ1) is 42.5. The molecule has 0 spiro atoms. The van der Waals surface area contributed by atoms with Gasteiger partial charge in [-0.3, -0.25) is 0 Å². The summed E-state index contributed by atoms with van der Waals surface area (Å²) in [6, 6.07) is 54.0. The predicted molar refractivity (Wildman–Crippen MR) is 276 cm³/mol. The molecule has 2 nitrogen and oxygen atoms in total. The van der Waals surface area contributed by atoms with Crippen LogP contribution in [-0.2, 0) is 21.7 Å². The summed E-state index contributed by atoms with van der Waals surface area (Å²) in [5, 5.41) is 0. The molecule has 7 aromatic rings. The number of rotatable bonds is 4. The van der Waals surface area contributed by atoms with E-state index in [2.05, 4.69) is 246 Å². The number of hydrogen-bond donors (Lipinski definition) is 0. The molecule has 0 unspecified atom stereocenters. The highest BCUT2D eigenvalue weighted by atomic mass is 15.2. The van der Waals surface area contributed by atoms with Gasteiger partial charge in [-0.15, -0.1) is 0 Å². The highest BCUT2D eigenvalue weighted by Crippen LogP contribution is 2.47. The van der Waals surface area contributed by atoms with Gasteiger partial charge in [0, 0.05) is 34.1 Å². The van der Waals surface area contributed by atoms with E-state index in [9.17, 15) is 0 Å². The molecule has 318 valence electrons. The largest absolute Gasteiger partial charge is 0.311 e. The Morgan fingerprint density at radius 2 is 0.841 bits per heavy atom. The first-order chi connectivity index (χ1) is 29.6. The average Bonchev–Trinajstić information content (AvgIpc) is 3.22. The molecule has 0 bridgehead atoms. The van der Waals surface area contributed by atoms with Gasteiger partial charge in [-0.2, -0.15) is 0 Å². The van der Waals surface area contributed by atoms with Crippen LogP contribution in [0.15, 0.2) is 140 Å². The molecule has 7 aromatic carbocycles. The summed E-state index contributed by atoms with van der Waals surface area (Å²) in [6.45, 7) is 32.5. The van der Waals surface area contributed by atoms with Gasteiger partial charge in [0.2, 0.25) is 0 Å². The highest BCUT2D eigenvalue weighted by Gasteiger charge is 2.45. The van der Waals surface area contributed by atoms with E-state index < -0.39 is 0 Å². The van der Waals surface area contributed by atoms with E-state index >= 15 is 0 Å². The smallest absolute Gasteiger partial charge is 0.252 e. The number of hydrogen-bond acceptors (Lipinski definition) is 2. The SMILES string of the molecule is Cc1ccccc1-c1ccc(-c2cccc(N3c4ccc(C(C)(C)C)cc4B4c5cc(C(C)(C)C)ccc5N(c5ccc(C(C)(C)C)cc5)c5cc(C(C)(C)C)cc3c54)c2)cc1C. The second-order valence-corrected chi connectivity index (χ2v) is 22.5. The van der Waals surface area contributed by atoms with Crippen LogP contribution in [0.25, 0.3) is 22.3 Å². The summed E-state index contributed by atoms with van der Waals surface area (Å²) in [5.41, 5.74) is 24.3. The lowest BCUT2D eigenvalue weighted by atomic mass is 9.33. The van der Waals surface area contributed by atoms with Gasteiger partial charge in [-0.05, 0) is 156 Å². The van der Waals surface area contributed by atoms with Crippen molar-refractivity contribution in [2.24, 2.45) is 0 Å². The van der Waals surface area contributed by atoms with Crippen molar-refractivity contribution in [1.29, 1.82) is 0 Å². The summed E-state index contributed by atoms with van der Waals surface area (Å²) >= 11 is 0. The fraction of sp³-hybridized carbons (Fsp3) is 0.300. The normalized spacial score (nSPS) is 13.8. The first-order valence-corrected chi connectivity index (χ1v) is 23.0. The Hall–Kier alpha value is -5.80. The van der Waals surface area contributed by atoms with Crippen molar-refractivity contribution in [3.63, 3.8) is 0 Å². The third kappa shape index (κ3) is 7.52. The van der Waals surface area contributed by atoms with Gasteiger partial charge in [-0.25, -0.2) is 0 Å². The zero-order valence-electron chi connectivity index (χ0n) is 40.3. The molecule has 2 aliphatic rings. The van der Waals surface area contributed by atoms with Gasteiger partial charge in [-0.1, -0.05) is 174 Å². The Balaban J connectivity index is 1.33. The summed E-state index contributed by atoms with van der Waals surface area (Å²) in [4.78, 5) is 5.16. The minimum absolute atomic E-state index is 0.0128. The van der Waals surface area contributed by atoms with Crippen LogP contribution in [0.2, 0.25) is 0 Å². The number of anilines is 6. The molecule has 0 fully saturated rings. The van der Waals surface area contributed by atoms with Crippen LogP contribution in [0, 0.1) is 13.8 Å². The van der Waals surface area contributed by atoms with Crippen LogP contribution < -0.4 is 26.2 Å².